The Morgan fingerprint density at radius 2 is 1.79 bits per heavy atom. The second-order valence-corrected chi connectivity index (χ2v) is 8.23. The van der Waals surface area contributed by atoms with Crippen LogP contribution >= 0.6 is 11.6 Å². The Labute approximate surface area is 177 Å². The van der Waals surface area contributed by atoms with E-state index in [1.54, 1.807) is 24.3 Å². The van der Waals surface area contributed by atoms with Crippen LogP contribution < -0.4 is 0 Å². The molecule has 1 heterocycles. The molecule has 0 N–H and O–H groups in total. The van der Waals surface area contributed by atoms with Crippen molar-refractivity contribution >= 4 is 23.6 Å². The summed E-state index contributed by atoms with van der Waals surface area (Å²) in [6, 6.07) is 13.7. The van der Waals surface area contributed by atoms with Crippen molar-refractivity contribution < 1.29 is 9.18 Å². The van der Waals surface area contributed by atoms with E-state index in [4.69, 9.17) is 11.6 Å². The van der Waals surface area contributed by atoms with Crippen molar-refractivity contribution in [2.45, 2.75) is 26.3 Å². The lowest BCUT2D eigenvalue weighted by Crippen LogP contribution is -2.40. The third-order valence-corrected chi connectivity index (χ3v) is 5.70. The maximum Gasteiger partial charge on any atom is 0.246 e. The van der Waals surface area contributed by atoms with Gasteiger partial charge in [0.15, 0.2) is 0 Å². The van der Waals surface area contributed by atoms with Gasteiger partial charge < -0.3 is 9.80 Å². The Morgan fingerprint density at radius 1 is 1.14 bits per heavy atom. The molecule has 2 aromatic rings. The van der Waals surface area contributed by atoms with Crippen LogP contribution in [0.5, 0.6) is 0 Å². The highest BCUT2D eigenvalue weighted by Crippen LogP contribution is 2.17. The molecule has 154 valence electrons. The largest absolute Gasteiger partial charge is 0.334 e. The predicted octanol–water partition coefficient (Wildman–Crippen LogP) is 5.25. The number of likely N-dealkylation sites (tertiary alicyclic amines) is 1. The third kappa shape index (κ3) is 6.98. The number of halogens is 2. The Bertz CT molecular complexity index is 812. The van der Waals surface area contributed by atoms with Gasteiger partial charge in [-0.1, -0.05) is 42.8 Å². The predicted molar refractivity (Wildman–Crippen MR) is 117 cm³/mol. The lowest BCUT2D eigenvalue weighted by Gasteiger charge is -2.32. The van der Waals surface area contributed by atoms with Crippen molar-refractivity contribution in [3.63, 3.8) is 0 Å². The van der Waals surface area contributed by atoms with Crippen molar-refractivity contribution in [2.75, 3.05) is 26.2 Å². The first-order valence-electron chi connectivity index (χ1n) is 10.2. The highest BCUT2D eigenvalue weighted by molar-refractivity contribution is 6.30. The van der Waals surface area contributed by atoms with Crippen molar-refractivity contribution in [1.29, 1.82) is 0 Å². The quantitative estimate of drug-likeness (QED) is 0.577. The van der Waals surface area contributed by atoms with Gasteiger partial charge in [0.2, 0.25) is 5.91 Å². The van der Waals surface area contributed by atoms with Crippen LogP contribution in [0.1, 0.15) is 30.9 Å². The molecule has 5 heteroatoms. The summed E-state index contributed by atoms with van der Waals surface area (Å²) in [5, 5.41) is 0.685. The van der Waals surface area contributed by atoms with Crippen LogP contribution in [0.15, 0.2) is 54.6 Å². The highest BCUT2D eigenvalue weighted by atomic mass is 35.5. The van der Waals surface area contributed by atoms with Crippen molar-refractivity contribution in [2.24, 2.45) is 5.92 Å². The molecule has 1 aliphatic rings. The fourth-order valence-corrected chi connectivity index (χ4v) is 3.60. The lowest BCUT2D eigenvalue weighted by atomic mass is 9.99. The van der Waals surface area contributed by atoms with Gasteiger partial charge in [-0.2, -0.15) is 0 Å². The number of piperidine rings is 1. The minimum Gasteiger partial charge on any atom is -0.334 e. The van der Waals surface area contributed by atoms with Gasteiger partial charge in [0.05, 0.1) is 0 Å². The van der Waals surface area contributed by atoms with E-state index in [2.05, 4.69) is 11.8 Å². The second-order valence-electron chi connectivity index (χ2n) is 7.80. The molecule has 0 radical (unpaired) electrons. The zero-order valence-corrected chi connectivity index (χ0v) is 17.6. The molecule has 0 unspecified atom stereocenters. The number of hydrogen-bond acceptors (Lipinski definition) is 2. The van der Waals surface area contributed by atoms with E-state index >= 15 is 0 Å². The number of nitrogens with zero attached hydrogens (tertiary/aromatic N) is 2. The SMILES string of the molecule is CC1CCN(CCN(Cc2ccc(Cl)cc2)C(=O)/C=C/c2ccc(F)cc2)CC1. The molecule has 2 aromatic carbocycles. The van der Waals surface area contributed by atoms with Crippen LogP contribution in [0.3, 0.4) is 0 Å². The van der Waals surface area contributed by atoms with Gasteiger partial charge >= 0.3 is 0 Å². The van der Waals surface area contributed by atoms with E-state index in [0.29, 0.717) is 18.1 Å². The summed E-state index contributed by atoms with van der Waals surface area (Å²) in [4.78, 5) is 17.2. The molecular weight excluding hydrogens is 387 g/mol. The van der Waals surface area contributed by atoms with Gasteiger partial charge in [-0.05, 0) is 73.3 Å². The van der Waals surface area contributed by atoms with Crippen LogP contribution in [0, 0.1) is 11.7 Å². The first-order valence-corrected chi connectivity index (χ1v) is 10.6. The van der Waals surface area contributed by atoms with Gasteiger partial charge in [-0.3, -0.25) is 4.79 Å². The molecule has 0 aromatic heterocycles. The molecule has 0 bridgehead atoms. The van der Waals surface area contributed by atoms with Crippen molar-refractivity contribution in [1.82, 2.24) is 9.80 Å². The Balaban J connectivity index is 1.65. The van der Waals surface area contributed by atoms with E-state index in [0.717, 1.165) is 36.7 Å². The number of rotatable bonds is 7. The molecule has 1 amide bonds. The van der Waals surface area contributed by atoms with E-state index in [9.17, 15) is 9.18 Å². The zero-order valence-electron chi connectivity index (χ0n) is 16.9. The average molecular weight is 415 g/mol. The molecule has 0 spiro atoms. The Morgan fingerprint density at radius 3 is 2.45 bits per heavy atom. The molecule has 0 atom stereocenters. The topological polar surface area (TPSA) is 23.6 Å². The van der Waals surface area contributed by atoms with E-state index in [1.165, 1.54) is 25.0 Å². The number of carbonyl (C=O) groups is 1. The Kier molecular flexibility index (Phi) is 7.84. The standard InChI is InChI=1S/C24H28ClFN2O/c1-19-12-14-27(15-13-19)16-17-28(18-21-2-7-22(25)8-3-21)24(29)11-6-20-4-9-23(26)10-5-20/h2-11,19H,12-18H2,1H3/b11-6+. The first kappa shape index (κ1) is 21.5. The van der Waals surface area contributed by atoms with Gasteiger partial charge in [0.25, 0.3) is 0 Å². The van der Waals surface area contributed by atoms with Crippen LogP contribution in [-0.4, -0.2) is 41.9 Å². The summed E-state index contributed by atoms with van der Waals surface area (Å²) in [7, 11) is 0. The summed E-state index contributed by atoms with van der Waals surface area (Å²) >= 11 is 5.99. The van der Waals surface area contributed by atoms with Gasteiger partial charge in [0, 0.05) is 30.7 Å². The molecule has 1 saturated heterocycles. The van der Waals surface area contributed by atoms with E-state index < -0.39 is 0 Å². The van der Waals surface area contributed by atoms with Gasteiger partial charge in [-0.15, -0.1) is 0 Å². The molecule has 3 rings (SSSR count). The number of carbonyl (C=O) groups excluding carboxylic acids is 1. The van der Waals surface area contributed by atoms with Crippen molar-refractivity contribution in [3.05, 3.63) is 76.6 Å². The minimum atomic E-state index is -0.284. The molecule has 1 aliphatic heterocycles. The molecule has 3 nitrogen and oxygen atoms in total. The average Bonchev–Trinajstić information content (AvgIpc) is 2.73. The molecule has 0 saturated carbocycles. The first-order chi connectivity index (χ1) is 14.0. The summed E-state index contributed by atoms with van der Waals surface area (Å²) in [5.74, 6) is 0.458. The van der Waals surface area contributed by atoms with Crippen LogP contribution in [0.4, 0.5) is 4.39 Å². The number of hydrogen-bond donors (Lipinski definition) is 0. The maximum absolute atomic E-state index is 13.1. The monoisotopic (exact) mass is 414 g/mol. The zero-order chi connectivity index (χ0) is 20.6. The van der Waals surface area contributed by atoms with Crippen LogP contribution in [-0.2, 0) is 11.3 Å². The van der Waals surface area contributed by atoms with Crippen LogP contribution in [0.2, 0.25) is 5.02 Å². The van der Waals surface area contributed by atoms with Gasteiger partial charge in [-0.25, -0.2) is 4.39 Å². The third-order valence-electron chi connectivity index (χ3n) is 5.45. The molecule has 29 heavy (non-hydrogen) atoms. The minimum absolute atomic E-state index is 0.0466. The summed E-state index contributed by atoms with van der Waals surface area (Å²) in [5.41, 5.74) is 1.85. The number of benzene rings is 2. The smallest absolute Gasteiger partial charge is 0.246 e. The van der Waals surface area contributed by atoms with E-state index in [-0.39, 0.29) is 11.7 Å². The molecule has 0 aliphatic carbocycles. The van der Waals surface area contributed by atoms with E-state index in [1.807, 2.05) is 29.2 Å². The summed E-state index contributed by atoms with van der Waals surface area (Å²) in [6.45, 7) is 6.56. The maximum atomic E-state index is 13.1. The van der Waals surface area contributed by atoms with Gasteiger partial charge in [0.1, 0.15) is 5.82 Å². The molecular formula is C24H28ClFN2O. The molecule has 1 fully saturated rings. The fourth-order valence-electron chi connectivity index (χ4n) is 3.47. The van der Waals surface area contributed by atoms with Crippen molar-refractivity contribution in [3.8, 4) is 0 Å². The normalized spacial score (nSPS) is 15.7. The fraction of sp³-hybridized carbons (Fsp3) is 0.375. The number of amides is 1. The summed E-state index contributed by atoms with van der Waals surface area (Å²) in [6.07, 6.45) is 5.74. The highest BCUT2D eigenvalue weighted by Gasteiger charge is 2.18. The Hall–Kier alpha value is -2.17. The van der Waals surface area contributed by atoms with Crippen LogP contribution in [0.25, 0.3) is 6.08 Å². The summed E-state index contributed by atoms with van der Waals surface area (Å²) < 4.78 is 13.1. The lowest BCUT2D eigenvalue weighted by molar-refractivity contribution is -0.126. The second kappa shape index (κ2) is 10.6.